The average Bonchev–Trinajstić information content (AvgIpc) is 2.62. The predicted molar refractivity (Wildman–Crippen MR) is 103 cm³/mol. The normalized spacial score (nSPS) is 10.7. The van der Waals surface area contributed by atoms with Gasteiger partial charge in [0.2, 0.25) is 5.43 Å². The Morgan fingerprint density at radius 2 is 1.92 bits per heavy atom. The van der Waals surface area contributed by atoms with Gasteiger partial charge in [0.1, 0.15) is 5.56 Å². The second-order valence-corrected chi connectivity index (χ2v) is 6.35. The van der Waals surface area contributed by atoms with E-state index in [0.717, 1.165) is 5.52 Å². The van der Waals surface area contributed by atoms with Crippen molar-refractivity contribution in [1.29, 1.82) is 0 Å². The molecule has 1 heterocycles. The lowest BCUT2D eigenvalue weighted by molar-refractivity contribution is 0.101. The molecule has 2 aromatic carbocycles. The van der Waals surface area contributed by atoms with Gasteiger partial charge in [-0.15, -0.1) is 0 Å². The SMILES string of the molecule is CCn1cc(C(=O)Nc2cccc(C(C)=O)c2)c(=O)c2cc(Cl)ccc21. The second kappa shape index (κ2) is 7.14. The van der Waals surface area contributed by atoms with Gasteiger partial charge in [-0.05, 0) is 44.2 Å². The largest absolute Gasteiger partial charge is 0.347 e. The quantitative estimate of drug-likeness (QED) is 0.704. The number of benzene rings is 2. The van der Waals surface area contributed by atoms with Crippen molar-refractivity contribution < 1.29 is 9.59 Å². The molecule has 0 bridgehead atoms. The number of aryl methyl sites for hydroxylation is 1. The van der Waals surface area contributed by atoms with Gasteiger partial charge in [-0.3, -0.25) is 14.4 Å². The molecule has 0 fully saturated rings. The van der Waals surface area contributed by atoms with E-state index in [4.69, 9.17) is 11.6 Å². The maximum Gasteiger partial charge on any atom is 0.261 e. The first kappa shape index (κ1) is 17.9. The lowest BCUT2D eigenvalue weighted by Gasteiger charge is -2.12. The number of fused-ring (bicyclic) bond motifs is 1. The first-order valence-electron chi connectivity index (χ1n) is 8.15. The van der Waals surface area contributed by atoms with Crippen LogP contribution >= 0.6 is 11.6 Å². The summed E-state index contributed by atoms with van der Waals surface area (Å²) in [6.07, 6.45) is 1.54. The van der Waals surface area contributed by atoms with E-state index >= 15 is 0 Å². The molecule has 0 spiro atoms. The smallest absolute Gasteiger partial charge is 0.261 e. The Morgan fingerprint density at radius 1 is 1.15 bits per heavy atom. The van der Waals surface area contributed by atoms with Crippen LogP contribution in [0.3, 0.4) is 0 Å². The molecule has 0 saturated heterocycles. The Hall–Kier alpha value is -2.92. The number of hydrogen-bond donors (Lipinski definition) is 1. The van der Waals surface area contributed by atoms with E-state index in [-0.39, 0.29) is 16.8 Å². The van der Waals surface area contributed by atoms with Gasteiger partial charge in [0.15, 0.2) is 5.78 Å². The van der Waals surface area contributed by atoms with E-state index in [2.05, 4.69) is 5.32 Å². The number of amides is 1. The Balaban J connectivity index is 2.06. The number of nitrogens with one attached hydrogen (secondary N) is 1. The third kappa shape index (κ3) is 3.39. The number of ketones is 1. The van der Waals surface area contributed by atoms with Crippen LogP contribution in [0.15, 0.2) is 53.5 Å². The lowest BCUT2D eigenvalue weighted by atomic mass is 10.1. The summed E-state index contributed by atoms with van der Waals surface area (Å²) in [4.78, 5) is 36.9. The minimum atomic E-state index is -0.528. The van der Waals surface area contributed by atoms with Crippen molar-refractivity contribution >= 4 is 39.9 Å². The molecule has 132 valence electrons. The van der Waals surface area contributed by atoms with Crippen molar-refractivity contribution in [2.24, 2.45) is 0 Å². The molecule has 0 unspecified atom stereocenters. The van der Waals surface area contributed by atoms with E-state index in [1.54, 1.807) is 48.7 Å². The Morgan fingerprint density at radius 3 is 2.62 bits per heavy atom. The van der Waals surface area contributed by atoms with E-state index in [9.17, 15) is 14.4 Å². The molecule has 0 aliphatic heterocycles. The number of hydrogen-bond acceptors (Lipinski definition) is 3. The molecule has 5 nitrogen and oxygen atoms in total. The number of carbonyl (C=O) groups is 2. The van der Waals surface area contributed by atoms with Crippen LogP contribution in [-0.4, -0.2) is 16.3 Å². The minimum Gasteiger partial charge on any atom is -0.347 e. The van der Waals surface area contributed by atoms with Crippen LogP contribution in [0.25, 0.3) is 10.9 Å². The summed E-state index contributed by atoms with van der Waals surface area (Å²) in [7, 11) is 0. The summed E-state index contributed by atoms with van der Waals surface area (Å²) >= 11 is 6.01. The lowest BCUT2D eigenvalue weighted by Crippen LogP contribution is -2.24. The van der Waals surface area contributed by atoms with Gasteiger partial charge in [-0.2, -0.15) is 0 Å². The van der Waals surface area contributed by atoms with Crippen LogP contribution in [0.5, 0.6) is 0 Å². The average molecular weight is 369 g/mol. The van der Waals surface area contributed by atoms with Crippen molar-refractivity contribution in [3.63, 3.8) is 0 Å². The number of rotatable bonds is 4. The molecule has 26 heavy (non-hydrogen) atoms. The summed E-state index contributed by atoms with van der Waals surface area (Å²) < 4.78 is 1.83. The molecular formula is C20H17ClN2O3. The van der Waals surface area contributed by atoms with Gasteiger partial charge in [-0.25, -0.2) is 0 Å². The highest BCUT2D eigenvalue weighted by Gasteiger charge is 2.16. The summed E-state index contributed by atoms with van der Waals surface area (Å²) in [5.74, 6) is -0.630. The molecule has 1 aromatic heterocycles. The number of anilines is 1. The zero-order valence-electron chi connectivity index (χ0n) is 14.4. The summed E-state index contributed by atoms with van der Waals surface area (Å²) in [6.45, 7) is 3.98. The topological polar surface area (TPSA) is 68.2 Å². The van der Waals surface area contributed by atoms with Gasteiger partial charge < -0.3 is 9.88 Å². The Bertz CT molecular complexity index is 1090. The third-order valence-electron chi connectivity index (χ3n) is 4.15. The van der Waals surface area contributed by atoms with Gasteiger partial charge in [0.25, 0.3) is 5.91 Å². The Labute approximate surface area is 155 Å². The van der Waals surface area contributed by atoms with E-state index in [1.165, 1.54) is 6.92 Å². The van der Waals surface area contributed by atoms with Crippen LogP contribution in [0, 0.1) is 0 Å². The summed E-state index contributed by atoms with van der Waals surface area (Å²) in [5, 5.41) is 3.51. The van der Waals surface area contributed by atoms with E-state index in [1.807, 2.05) is 11.5 Å². The fourth-order valence-electron chi connectivity index (χ4n) is 2.81. The van der Waals surface area contributed by atoms with Gasteiger partial charge in [0, 0.05) is 34.4 Å². The highest BCUT2D eigenvalue weighted by atomic mass is 35.5. The maximum absolute atomic E-state index is 12.8. The molecule has 0 radical (unpaired) electrons. The molecule has 1 N–H and O–H groups in total. The highest BCUT2D eigenvalue weighted by molar-refractivity contribution is 6.31. The molecule has 3 aromatic rings. The highest BCUT2D eigenvalue weighted by Crippen LogP contribution is 2.18. The van der Waals surface area contributed by atoms with E-state index in [0.29, 0.717) is 28.2 Å². The molecule has 6 heteroatoms. The van der Waals surface area contributed by atoms with Gasteiger partial charge >= 0.3 is 0 Å². The van der Waals surface area contributed by atoms with Crippen molar-refractivity contribution in [1.82, 2.24) is 4.57 Å². The van der Waals surface area contributed by atoms with Crippen LogP contribution < -0.4 is 10.7 Å². The summed E-state index contributed by atoms with van der Waals surface area (Å²) in [6, 6.07) is 11.6. The van der Waals surface area contributed by atoms with Crippen molar-refractivity contribution in [2.75, 3.05) is 5.32 Å². The van der Waals surface area contributed by atoms with Crippen LogP contribution in [0.4, 0.5) is 5.69 Å². The molecule has 0 aliphatic rings. The molecular weight excluding hydrogens is 352 g/mol. The zero-order valence-corrected chi connectivity index (χ0v) is 15.1. The monoisotopic (exact) mass is 368 g/mol. The molecule has 1 amide bonds. The number of carbonyl (C=O) groups excluding carboxylic acids is 2. The minimum absolute atomic E-state index is 0.0230. The van der Waals surface area contributed by atoms with Crippen LogP contribution in [-0.2, 0) is 6.54 Å². The van der Waals surface area contributed by atoms with Gasteiger partial charge in [0.05, 0.1) is 5.52 Å². The zero-order chi connectivity index (χ0) is 18.8. The fraction of sp³-hybridized carbons (Fsp3) is 0.150. The van der Waals surface area contributed by atoms with E-state index < -0.39 is 5.91 Å². The number of halogens is 1. The van der Waals surface area contributed by atoms with Crippen molar-refractivity contribution in [2.45, 2.75) is 20.4 Å². The Kier molecular flexibility index (Phi) is 4.91. The number of Topliss-reactive ketones (excluding diaryl/α,β-unsaturated/α-hetero) is 1. The number of pyridine rings is 1. The van der Waals surface area contributed by atoms with Crippen LogP contribution in [0.1, 0.15) is 34.6 Å². The summed E-state index contributed by atoms with van der Waals surface area (Å²) in [5.41, 5.74) is 1.30. The maximum atomic E-state index is 12.8. The first-order chi connectivity index (χ1) is 12.4. The molecule has 0 saturated carbocycles. The molecule has 0 atom stereocenters. The standard InChI is InChI=1S/C20H17ClN2O3/c1-3-23-11-17(19(25)16-10-14(21)7-8-18(16)23)20(26)22-15-6-4-5-13(9-15)12(2)24/h4-11H,3H2,1-2H3,(H,22,26). The molecule has 3 rings (SSSR count). The van der Waals surface area contributed by atoms with Gasteiger partial charge in [-0.1, -0.05) is 23.7 Å². The predicted octanol–water partition coefficient (Wildman–Crippen LogP) is 4.13. The number of aromatic nitrogens is 1. The second-order valence-electron chi connectivity index (χ2n) is 5.91. The van der Waals surface area contributed by atoms with Crippen LogP contribution in [0.2, 0.25) is 5.02 Å². The third-order valence-corrected chi connectivity index (χ3v) is 4.39. The van der Waals surface area contributed by atoms with Crippen molar-refractivity contribution in [3.05, 3.63) is 75.0 Å². The molecule has 0 aliphatic carbocycles. The first-order valence-corrected chi connectivity index (χ1v) is 8.53. The number of nitrogens with zero attached hydrogens (tertiary/aromatic N) is 1. The fourth-order valence-corrected chi connectivity index (χ4v) is 2.98. The van der Waals surface area contributed by atoms with Crippen molar-refractivity contribution in [3.8, 4) is 0 Å².